The molecule has 3 rings (SSSR count). The van der Waals surface area contributed by atoms with Crippen molar-refractivity contribution in [2.45, 2.75) is 19.9 Å². The Bertz CT molecular complexity index is 727. The highest BCUT2D eigenvalue weighted by Crippen LogP contribution is 2.18. The summed E-state index contributed by atoms with van der Waals surface area (Å²) in [6, 6.07) is 7.60. The maximum atomic E-state index is 10.8. The Balaban J connectivity index is 1.97. The number of hydrogen-bond acceptors (Lipinski definition) is 4. The molecule has 3 aromatic rings. The van der Waals surface area contributed by atoms with Crippen LogP contribution in [0.4, 0.5) is 0 Å². The van der Waals surface area contributed by atoms with E-state index in [-0.39, 0.29) is 0 Å². The van der Waals surface area contributed by atoms with Gasteiger partial charge in [-0.2, -0.15) is 4.98 Å². The van der Waals surface area contributed by atoms with Crippen molar-refractivity contribution in [1.29, 1.82) is 0 Å². The van der Waals surface area contributed by atoms with Gasteiger partial charge in [0.2, 0.25) is 5.89 Å². The maximum Gasteiger partial charge on any atom is 0.246 e. The molecule has 0 spiro atoms. The van der Waals surface area contributed by atoms with Crippen LogP contribution < -0.4 is 0 Å². The second kappa shape index (κ2) is 4.68. The van der Waals surface area contributed by atoms with E-state index < -0.39 is 0 Å². The lowest BCUT2D eigenvalue weighted by Gasteiger charge is -2.01. The topological polar surface area (TPSA) is 60.9 Å². The number of benzene rings is 1. The molecular formula is C14H13N3O2. The molecule has 0 bridgehead atoms. The SMILES string of the molecule is CCc1noc(Cn2ccc3ccc(C=O)cc32)n1. The van der Waals surface area contributed by atoms with Crippen LogP contribution >= 0.6 is 0 Å². The molecule has 0 unspecified atom stereocenters. The molecule has 0 aliphatic heterocycles. The van der Waals surface area contributed by atoms with Gasteiger partial charge in [0, 0.05) is 23.7 Å². The van der Waals surface area contributed by atoms with Crippen LogP contribution in [-0.2, 0) is 13.0 Å². The van der Waals surface area contributed by atoms with Gasteiger partial charge in [0.25, 0.3) is 0 Å². The van der Waals surface area contributed by atoms with Crippen LogP contribution in [0, 0.1) is 0 Å². The van der Waals surface area contributed by atoms with E-state index in [9.17, 15) is 4.79 Å². The fourth-order valence-electron chi connectivity index (χ4n) is 2.06. The molecule has 96 valence electrons. The summed E-state index contributed by atoms with van der Waals surface area (Å²) in [6.45, 7) is 2.49. The van der Waals surface area contributed by atoms with E-state index in [2.05, 4.69) is 10.1 Å². The summed E-state index contributed by atoms with van der Waals surface area (Å²) >= 11 is 0. The lowest BCUT2D eigenvalue weighted by molar-refractivity contribution is 0.112. The third-order valence-corrected chi connectivity index (χ3v) is 3.07. The molecule has 0 radical (unpaired) electrons. The first kappa shape index (κ1) is 11.6. The summed E-state index contributed by atoms with van der Waals surface area (Å²) in [6.07, 6.45) is 3.55. The van der Waals surface area contributed by atoms with Gasteiger partial charge in [0.1, 0.15) is 12.8 Å². The predicted octanol–water partition coefficient (Wildman–Crippen LogP) is 2.45. The minimum Gasteiger partial charge on any atom is -0.338 e. The maximum absolute atomic E-state index is 10.8. The van der Waals surface area contributed by atoms with Gasteiger partial charge in [-0.05, 0) is 17.5 Å². The second-order valence-corrected chi connectivity index (χ2v) is 4.34. The van der Waals surface area contributed by atoms with Crippen molar-refractivity contribution in [3.8, 4) is 0 Å². The lowest BCUT2D eigenvalue weighted by atomic mass is 10.2. The van der Waals surface area contributed by atoms with Crippen molar-refractivity contribution < 1.29 is 9.32 Å². The molecule has 0 amide bonds. The quantitative estimate of drug-likeness (QED) is 0.672. The van der Waals surface area contributed by atoms with Gasteiger partial charge in [-0.25, -0.2) is 0 Å². The van der Waals surface area contributed by atoms with Gasteiger partial charge in [-0.15, -0.1) is 0 Å². The molecule has 5 nitrogen and oxygen atoms in total. The molecule has 2 heterocycles. The van der Waals surface area contributed by atoms with Crippen molar-refractivity contribution in [2.24, 2.45) is 0 Å². The number of aryl methyl sites for hydroxylation is 1. The molecule has 0 atom stereocenters. The van der Waals surface area contributed by atoms with E-state index in [1.807, 2.05) is 42.0 Å². The Labute approximate surface area is 109 Å². The third kappa shape index (κ3) is 2.14. The molecule has 5 heteroatoms. The summed E-state index contributed by atoms with van der Waals surface area (Å²) in [7, 11) is 0. The number of rotatable bonds is 4. The Morgan fingerprint density at radius 1 is 1.37 bits per heavy atom. The first-order valence-electron chi connectivity index (χ1n) is 6.15. The van der Waals surface area contributed by atoms with Crippen LogP contribution in [-0.4, -0.2) is 21.0 Å². The van der Waals surface area contributed by atoms with Crippen LogP contribution in [0.3, 0.4) is 0 Å². The monoisotopic (exact) mass is 255 g/mol. The number of aromatic nitrogens is 3. The molecular weight excluding hydrogens is 242 g/mol. The van der Waals surface area contributed by atoms with Crippen LogP contribution in [0.1, 0.15) is 29.0 Å². The average Bonchev–Trinajstić information content (AvgIpc) is 3.06. The minimum absolute atomic E-state index is 0.513. The van der Waals surface area contributed by atoms with Crippen LogP contribution in [0.5, 0.6) is 0 Å². The summed E-state index contributed by atoms with van der Waals surface area (Å²) in [5.41, 5.74) is 1.65. The molecule has 0 fully saturated rings. The number of hydrogen-bond donors (Lipinski definition) is 0. The van der Waals surface area contributed by atoms with Crippen LogP contribution in [0.15, 0.2) is 35.0 Å². The van der Waals surface area contributed by atoms with Gasteiger partial charge in [-0.1, -0.05) is 24.2 Å². The van der Waals surface area contributed by atoms with E-state index in [1.54, 1.807) is 0 Å². The number of carbonyl (C=O) groups is 1. The standard InChI is InChI=1S/C14H13N3O2/c1-2-13-15-14(19-16-13)8-17-6-5-11-4-3-10(9-18)7-12(11)17/h3-7,9H,2,8H2,1H3. The molecule has 0 saturated heterocycles. The highest BCUT2D eigenvalue weighted by Gasteiger charge is 2.08. The highest BCUT2D eigenvalue weighted by molar-refractivity contribution is 5.87. The zero-order valence-corrected chi connectivity index (χ0v) is 10.5. The fraction of sp³-hybridized carbons (Fsp3) is 0.214. The van der Waals surface area contributed by atoms with E-state index in [0.29, 0.717) is 23.8 Å². The highest BCUT2D eigenvalue weighted by atomic mass is 16.5. The van der Waals surface area contributed by atoms with Gasteiger partial charge in [0.05, 0.1) is 0 Å². The Kier molecular flexibility index (Phi) is 2.87. The molecule has 0 aliphatic carbocycles. The summed E-state index contributed by atoms with van der Waals surface area (Å²) < 4.78 is 7.18. The van der Waals surface area contributed by atoms with E-state index >= 15 is 0 Å². The number of aldehydes is 1. The molecule has 0 aliphatic rings. The van der Waals surface area contributed by atoms with Crippen molar-refractivity contribution >= 4 is 17.2 Å². The van der Waals surface area contributed by atoms with Gasteiger partial charge >= 0.3 is 0 Å². The molecule has 1 aromatic carbocycles. The molecule has 19 heavy (non-hydrogen) atoms. The average molecular weight is 255 g/mol. The smallest absolute Gasteiger partial charge is 0.246 e. The third-order valence-electron chi connectivity index (χ3n) is 3.07. The fourth-order valence-corrected chi connectivity index (χ4v) is 2.06. The van der Waals surface area contributed by atoms with E-state index in [0.717, 1.165) is 23.6 Å². The van der Waals surface area contributed by atoms with Gasteiger partial charge in [0.15, 0.2) is 5.82 Å². The molecule has 2 aromatic heterocycles. The number of nitrogens with zero attached hydrogens (tertiary/aromatic N) is 3. The number of carbonyl (C=O) groups excluding carboxylic acids is 1. The normalized spacial score (nSPS) is 11.0. The first-order chi connectivity index (χ1) is 9.30. The zero-order chi connectivity index (χ0) is 13.2. The summed E-state index contributed by atoms with van der Waals surface area (Å²) in [5, 5.41) is 4.96. The van der Waals surface area contributed by atoms with Crippen molar-refractivity contribution in [2.75, 3.05) is 0 Å². The predicted molar refractivity (Wildman–Crippen MR) is 70.1 cm³/mol. The van der Waals surface area contributed by atoms with Crippen molar-refractivity contribution in [3.63, 3.8) is 0 Å². The zero-order valence-electron chi connectivity index (χ0n) is 10.5. The van der Waals surface area contributed by atoms with E-state index in [4.69, 9.17) is 4.52 Å². The minimum atomic E-state index is 0.513. The van der Waals surface area contributed by atoms with Crippen LogP contribution in [0.25, 0.3) is 10.9 Å². The Morgan fingerprint density at radius 2 is 2.26 bits per heavy atom. The Hall–Kier alpha value is -2.43. The second-order valence-electron chi connectivity index (χ2n) is 4.34. The van der Waals surface area contributed by atoms with Crippen molar-refractivity contribution in [1.82, 2.24) is 14.7 Å². The van der Waals surface area contributed by atoms with Gasteiger partial charge < -0.3 is 9.09 Å². The number of fused-ring (bicyclic) bond motifs is 1. The van der Waals surface area contributed by atoms with Gasteiger partial charge in [-0.3, -0.25) is 4.79 Å². The van der Waals surface area contributed by atoms with Crippen LogP contribution in [0.2, 0.25) is 0 Å². The van der Waals surface area contributed by atoms with E-state index in [1.165, 1.54) is 0 Å². The summed E-state index contributed by atoms with van der Waals surface area (Å²) in [5.74, 6) is 1.28. The first-order valence-corrected chi connectivity index (χ1v) is 6.15. The molecule has 0 N–H and O–H groups in total. The molecule has 0 saturated carbocycles. The lowest BCUT2D eigenvalue weighted by Crippen LogP contribution is -1.98. The Morgan fingerprint density at radius 3 is 3.00 bits per heavy atom. The van der Waals surface area contributed by atoms with Crippen molar-refractivity contribution in [3.05, 3.63) is 47.7 Å². The summed E-state index contributed by atoms with van der Waals surface area (Å²) in [4.78, 5) is 15.1. The largest absolute Gasteiger partial charge is 0.338 e.